The maximum Gasteiger partial charge on any atom is 0.290 e. The molecule has 8 heteroatoms. The number of hydrogen-bond donors (Lipinski definition) is 0. The van der Waals surface area contributed by atoms with Gasteiger partial charge in [0.05, 0.1) is 16.9 Å². The van der Waals surface area contributed by atoms with Gasteiger partial charge in [0.2, 0.25) is 0 Å². The number of pyridine rings is 1. The molecule has 0 aliphatic carbocycles. The molecule has 0 atom stereocenters. The first kappa shape index (κ1) is 12.5. The third-order valence-corrected chi connectivity index (χ3v) is 2.28. The normalized spacial score (nSPS) is 11.4. The van der Waals surface area contributed by atoms with Crippen molar-refractivity contribution in [2.75, 3.05) is 6.26 Å². The highest BCUT2D eigenvalue weighted by Crippen LogP contribution is 2.15. The Balaban J connectivity index is 2.86. The number of aryl methyl sites for hydroxylation is 1. The summed E-state index contributed by atoms with van der Waals surface area (Å²) in [6, 6.07) is 2.62. The largest absolute Gasteiger partial charge is 0.290 e. The monoisotopic (exact) mass is 246 g/mol. The van der Waals surface area contributed by atoms with Crippen molar-refractivity contribution in [2.45, 2.75) is 13.5 Å². The average molecular weight is 246 g/mol. The van der Waals surface area contributed by atoms with Crippen LogP contribution in [0.2, 0.25) is 0 Å². The maximum absolute atomic E-state index is 10.7. The second-order valence-corrected chi connectivity index (χ2v) is 4.77. The second-order valence-electron chi connectivity index (χ2n) is 3.13. The van der Waals surface area contributed by atoms with E-state index in [1.165, 1.54) is 19.1 Å². The Labute approximate surface area is 92.3 Å². The van der Waals surface area contributed by atoms with Crippen molar-refractivity contribution >= 4 is 15.8 Å². The zero-order valence-corrected chi connectivity index (χ0v) is 9.52. The molecular formula is C8H10N2O5S. The SMILES string of the molecule is Cc1nc(COS(C)(=O)=O)ccc1[N+](=O)[O-]. The lowest BCUT2D eigenvalue weighted by Crippen LogP contribution is -2.05. The summed E-state index contributed by atoms with van der Waals surface area (Å²) in [5, 5.41) is 10.5. The molecule has 0 aromatic carbocycles. The van der Waals surface area contributed by atoms with Crippen LogP contribution in [0.3, 0.4) is 0 Å². The number of aromatic nitrogens is 1. The fourth-order valence-electron chi connectivity index (χ4n) is 1.05. The van der Waals surface area contributed by atoms with Crippen molar-refractivity contribution in [3.05, 3.63) is 33.6 Å². The zero-order valence-electron chi connectivity index (χ0n) is 8.71. The predicted octanol–water partition coefficient (Wildman–Crippen LogP) is 0.774. The minimum atomic E-state index is -3.54. The molecule has 0 spiro atoms. The van der Waals surface area contributed by atoms with Crippen LogP contribution in [0, 0.1) is 17.0 Å². The standard InChI is InChI=1S/C8H10N2O5S/c1-6-8(10(11)12)4-3-7(9-6)5-15-16(2,13)14/h3-4H,5H2,1-2H3. The molecule has 0 aliphatic rings. The van der Waals surface area contributed by atoms with Gasteiger partial charge in [-0.25, -0.2) is 4.98 Å². The summed E-state index contributed by atoms with van der Waals surface area (Å²) in [6.45, 7) is 1.25. The van der Waals surface area contributed by atoms with Gasteiger partial charge in [0.15, 0.2) is 0 Å². The molecule has 1 aromatic rings. The molecule has 0 saturated heterocycles. The van der Waals surface area contributed by atoms with E-state index < -0.39 is 15.0 Å². The van der Waals surface area contributed by atoms with Crippen molar-refractivity contribution in [1.29, 1.82) is 0 Å². The quantitative estimate of drug-likeness (QED) is 0.442. The van der Waals surface area contributed by atoms with Gasteiger partial charge in [-0.15, -0.1) is 0 Å². The van der Waals surface area contributed by atoms with E-state index >= 15 is 0 Å². The van der Waals surface area contributed by atoms with E-state index in [9.17, 15) is 18.5 Å². The van der Waals surface area contributed by atoms with Crippen LogP contribution >= 0.6 is 0 Å². The Kier molecular flexibility index (Phi) is 3.55. The van der Waals surface area contributed by atoms with Crippen LogP contribution in [-0.2, 0) is 20.9 Å². The summed E-state index contributed by atoms with van der Waals surface area (Å²) in [7, 11) is -3.54. The lowest BCUT2D eigenvalue weighted by atomic mass is 10.3. The fraction of sp³-hybridized carbons (Fsp3) is 0.375. The molecule has 0 radical (unpaired) electrons. The van der Waals surface area contributed by atoms with Crippen LogP contribution in [0.25, 0.3) is 0 Å². The van der Waals surface area contributed by atoms with Crippen molar-refractivity contribution < 1.29 is 17.5 Å². The van der Waals surface area contributed by atoms with E-state index in [1.807, 2.05) is 0 Å². The van der Waals surface area contributed by atoms with Crippen molar-refractivity contribution in [3.63, 3.8) is 0 Å². The third kappa shape index (κ3) is 3.55. The summed E-state index contributed by atoms with van der Waals surface area (Å²) in [6.07, 6.45) is 0.922. The van der Waals surface area contributed by atoms with E-state index in [4.69, 9.17) is 0 Å². The molecule has 0 fully saturated rings. The zero-order chi connectivity index (χ0) is 12.3. The van der Waals surface area contributed by atoms with Gasteiger partial charge in [-0.3, -0.25) is 14.3 Å². The van der Waals surface area contributed by atoms with Gasteiger partial charge in [0.25, 0.3) is 15.8 Å². The minimum Gasteiger partial charge on any atom is -0.264 e. The van der Waals surface area contributed by atoms with Crippen molar-refractivity contribution in [1.82, 2.24) is 4.98 Å². The van der Waals surface area contributed by atoms with Gasteiger partial charge >= 0.3 is 0 Å². The lowest BCUT2D eigenvalue weighted by molar-refractivity contribution is -0.385. The molecule has 0 amide bonds. The summed E-state index contributed by atoms with van der Waals surface area (Å²) in [4.78, 5) is 13.8. The molecule has 0 bridgehead atoms. The highest BCUT2D eigenvalue weighted by atomic mass is 32.2. The van der Waals surface area contributed by atoms with Gasteiger partial charge in [0, 0.05) is 6.07 Å². The highest BCUT2D eigenvalue weighted by Gasteiger charge is 2.12. The minimum absolute atomic E-state index is 0.108. The van der Waals surface area contributed by atoms with Crippen LogP contribution in [0.15, 0.2) is 12.1 Å². The molecule has 0 aliphatic heterocycles. The van der Waals surface area contributed by atoms with Crippen LogP contribution in [-0.4, -0.2) is 24.6 Å². The van der Waals surface area contributed by atoms with Crippen LogP contribution in [0.4, 0.5) is 5.69 Å². The first-order chi connectivity index (χ1) is 7.29. The molecule has 1 heterocycles. The Morgan fingerprint density at radius 1 is 1.50 bits per heavy atom. The van der Waals surface area contributed by atoms with E-state index in [1.54, 1.807) is 0 Å². The number of rotatable bonds is 4. The summed E-state index contributed by atoms with van der Waals surface area (Å²) < 4.78 is 25.9. The Morgan fingerprint density at radius 3 is 2.56 bits per heavy atom. The third-order valence-electron chi connectivity index (χ3n) is 1.73. The number of nitro groups is 1. The van der Waals surface area contributed by atoms with Crippen molar-refractivity contribution in [2.24, 2.45) is 0 Å². The van der Waals surface area contributed by atoms with E-state index in [-0.39, 0.29) is 18.0 Å². The molecule has 0 saturated carbocycles. The van der Waals surface area contributed by atoms with Crippen LogP contribution < -0.4 is 0 Å². The molecule has 1 rings (SSSR count). The second kappa shape index (κ2) is 4.54. The van der Waals surface area contributed by atoms with E-state index in [0.29, 0.717) is 5.69 Å². The Hall–Kier alpha value is -1.54. The summed E-state index contributed by atoms with van der Waals surface area (Å²) in [5.41, 5.74) is 0.441. The van der Waals surface area contributed by atoms with Crippen LogP contribution in [0.5, 0.6) is 0 Å². The fourth-order valence-corrected chi connectivity index (χ4v) is 1.38. The van der Waals surface area contributed by atoms with Gasteiger partial charge in [0.1, 0.15) is 12.3 Å². The molecule has 0 unspecified atom stereocenters. The maximum atomic E-state index is 10.7. The van der Waals surface area contributed by atoms with Gasteiger partial charge in [-0.1, -0.05) is 0 Å². The molecule has 1 aromatic heterocycles. The summed E-state index contributed by atoms with van der Waals surface area (Å²) >= 11 is 0. The Bertz CT molecular complexity index is 511. The highest BCUT2D eigenvalue weighted by molar-refractivity contribution is 7.85. The lowest BCUT2D eigenvalue weighted by Gasteiger charge is -2.02. The topological polar surface area (TPSA) is 99.4 Å². The molecule has 88 valence electrons. The van der Waals surface area contributed by atoms with Gasteiger partial charge in [-0.2, -0.15) is 8.42 Å². The molecular weight excluding hydrogens is 236 g/mol. The first-order valence-electron chi connectivity index (χ1n) is 4.25. The van der Waals surface area contributed by atoms with Gasteiger partial charge < -0.3 is 0 Å². The number of hydrogen-bond acceptors (Lipinski definition) is 6. The Morgan fingerprint density at radius 2 is 2.12 bits per heavy atom. The smallest absolute Gasteiger partial charge is 0.264 e. The predicted molar refractivity (Wildman–Crippen MR) is 55.3 cm³/mol. The van der Waals surface area contributed by atoms with Crippen molar-refractivity contribution in [3.8, 4) is 0 Å². The first-order valence-corrected chi connectivity index (χ1v) is 6.06. The van der Waals surface area contributed by atoms with E-state index in [2.05, 4.69) is 9.17 Å². The number of nitrogens with zero attached hydrogens (tertiary/aromatic N) is 2. The molecule has 0 N–H and O–H groups in total. The van der Waals surface area contributed by atoms with E-state index in [0.717, 1.165) is 6.26 Å². The van der Waals surface area contributed by atoms with Crippen LogP contribution in [0.1, 0.15) is 11.4 Å². The summed E-state index contributed by atoms with van der Waals surface area (Å²) in [5.74, 6) is 0. The molecule has 16 heavy (non-hydrogen) atoms. The molecule has 7 nitrogen and oxygen atoms in total. The average Bonchev–Trinajstić information content (AvgIpc) is 2.13. The van der Waals surface area contributed by atoms with Gasteiger partial charge in [-0.05, 0) is 13.0 Å².